The highest BCUT2D eigenvalue weighted by Gasteiger charge is 2.13. The molecule has 1 amide bonds. The number of hydrogen-bond acceptors (Lipinski definition) is 6. The van der Waals surface area contributed by atoms with Crippen LogP contribution in [0.5, 0.6) is 0 Å². The summed E-state index contributed by atoms with van der Waals surface area (Å²) in [5.41, 5.74) is 1.04. The molecule has 0 fully saturated rings. The molecule has 0 atom stereocenters. The molecule has 2 heterocycles. The van der Waals surface area contributed by atoms with E-state index in [1.54, 1.807) is 18.2 Å². The second-order valence-electron chi connectivity index (χ2n) is 4.97. The Morgan fingerprint density at radius 3 is 2.92 bits per heavy atom. The van der Waals surface area contributed by atoms with Crippen LogP contribution in [-0.4, -0.2) is 33.2 Å². The third kappa shape index (κ3) is 4.65. The number of anilines is 1. The van der Waals surface area contributed by atoms with Crippen molar-refractivity contribution in [1.82, 2.24) is 14.8 Å². The molecular weight excluding hydrogens is 364 g/mol. The molecule has 0 spiro atoms. The first kappa shape index (κ1) is 17.1. The monoisotopic (exact) mass is 376 g/mol. The molecule has 25 heavy (non-hydrogen) atoms. The number of nitrogens with zero attached hydrogens (tertiary/aromatic N) is 3. The summed E-state index contributed by atoms with van der Waals surface area (Å²) in [5, 5.41) is 9.02. The average Bonchev–Trinajstić information content (AvgIpc) is 3.27. The number of nitrogens with one attached hydrogen (secondary N) is 1. The van der Waals surface area contributed by atoms with Crippen LogP contribution in [0.25, 0.3) is 5.69 Å². The number of amides is 1. The van der Waals surface area contributed by atoms with Gasteiger partial charge in [-0.25, -0.2) is 9.67 Å². The first-order chi connectivity index (χ1) is 12.1. The van der Waals surface area contributed by atoms with Crippen molar-refractivity contribution in [2.45, 2.75) is 6.42 Å². The van der Waals surface area contributed by atoms with Gasteiger partial charge in [0.1, 0.15) is 12.7 Å². The largest absolute Gasteiger partial charge is 0.455 e. The third-order valence-electron chi connectivity index (χ3n) is 3.16. The number of ether oxygens (including phenoxy) is 1. The summed E-state index contributed by atoms with van der Waals surface area (Å²) in [6, 6.07) is 8.65. The first-order valence-electron chi connectivity index (χ1n) is 7.24. The van der Waals surface area contributed by atoms with Gasteiger partial charge in [0.05, 0.1) is 17.8 Å². The number of carbonyl (C=O) groups excluding carboxylic acids is 2. The number of esters is 1. The lowest BCUT2D eigenvalue weighted by Crippen LogP contribution is -2.22. The van der Waals surface area contributed by atoms with Gasteiger partial charge in [0.2, 0.25) is 0 Å². The third-order valence-corrected chi connectivity index (χ3v) is 4.27. The molecule has 0 saturated carbocycles. The lowest BCUT2D eigenvalue weighted by molar-refractivity contribution is -0.146. The van der Waals surface area contributed by atoms with Gasteiger partial charge in [-0.1, -0.05) is 17.7 Å². The molecule has 3 aromatic rings. The van der Waals surface area contributed by atoms with E-state index in [0.29, 0.717) is 16.4 Å². The molecule has 2 aromatic heterocycles. The van der Waals surface area contributed by atoms with Crippen LogP contribution in [0.2, 0.25) is 5.02 Å². The highest BCUT2D eigenvalue weighted by molar-refractivity contribution is 7.10. The van der Waals surface area contributed by atoms with Gasteiger partial charge in [0.25, 0.3) is 5.91 Å². The zero-order chi connectivity index (χ0) is 17.6. The van der Waals surface area contributed by atoms with Crippen molar-refractivity contribution in [3.63, 3.8) is 0 Å². The van der Waals surface area contributed by atoms with Crippen molar-refractivity contribution in [2.24, 2.45) is 0 Å². The van der Waals surface area contributed by atoms with Crippen molar-refractivity contribution in [3.8, 4) is 5.69 Å². The minimum atomic E-state index is -0.469. The summed E-state index contributed by atoms with van der Waals surface area (Å²) in [5.74, 6) is -0.927. The van der Waals surface area contributed by atoms with Gasteiger partial charge >= 0.3 is 5.97 Å². The minimum absolute atomic E-state index is 0.145. The van der Waals surface area contributed by atoms with Crippen LogP contribution < -0.4 is 5.32 Å². The molecule has 3 rings (SSSR count). The van der Waals surface area contributed by atoms with Gasteiger partial charge in [-0.15, -0.1) is 11.3 Å². The van der Waals surface area contributed by atoms with E-state index in [0.717, 1.165) is 4.88 Å². The van der Waals surface area contributed by atoms with E-state index < -0.39 is 11.9 Å². The number of rotatable bonds is 6. The summed E-state index contributed by atoms with van der Waals surface area (Å²) in [4.78, 5) is 28.6. The second kappa shape index (κ2) is 7.91. The number of thiophene rings is 1. The Labute approximate surface area is 152 Å². The van der Waals surface area contributed by atoms with Gasteiger partial charge in [-0.3, -0.25) is 9.59 Å². The summed E-state index contributed by atoms with van der Waals surface area (Å²) >= 11 is 7.45. The molecule has 0 aliphatic carbocycles. The predicted molar refractivity (Wildman–Crippen MR) is 94.0 cm³/mol. The van der Waals surface area contributed by atoms with E-state index in [2.05, 4.69) is 15.4 Å². The van der Waals surface area contributed by atoms with Gasteiger partial charge in [-0.05, 0) is 29.6 Å². The van der Waals surface area contributed by atoms with E-state index in [9.17, 15) is 9.59 Å². The van der Waals surface area contributed by atoms with Crippen LogP contribution in [0, 0.1) is 0 Å². The fourth-order valence-electron chi connectivity index (χ4n) is 2.08. The number of carbonyl (C=O) groups is 2. The van der Waals surface area contributed by atoms with Crippen molar-refractivity contribution in [3.05, 3.63) is 58.3 Å². The summed E-state index contributed by atoms with van der Waals surface area (Å²) < 4.78 is 6.49. The Hall–Kier alpha value is -2.71. The van der Waals surface area contributed by atoms with Crippen LogP contribution in [-0.2, 0) is 20.7 Å². The SMILES string of the molecule is O=C(COC(=O)Cc1cccs1)Nc1cc(Cl)ccc1-n1cncn1. The van der Waals surface area contributed by atoms with Gasteiger partial charge in [-0.2, -0.15) is 5.10 Å². The molecule has 0 bridgehead atoms. The van der Waals surface area contributed by atoms with E-state index >= 15 is 0 Å². The molecule has 0 radical (unpaired) electrons. The van der Waals surface area contributed by atoms with E-state index in [-0.39, 0.29) is 13.0 Å². The van der Waals surface area contributed by atoms with Crippen molar-refractivity contribution in [2.75, 3.05) is 11.9 Å². The van der Waals surface area contributed by atoms with Crippen LogP contribution >= 0.6 is 22.9 Å². The topological polar surface area (TPSA) is 86.1 Å². The standard InChI is InChI=1S/C16H13ClN4O3S/c17-11-3-4-14(21-10-18-9-19-21)13(6-11)20-15(22)8-24-16(23)7-12-2-1-5-25-12/h1-6,9-10H,7-8H2,(H,20,22). The lowest BCUT2D eigenvalue weighted by atomic mass is 10.2. The predicted octanol–water partition coefficient (Wildman–Crippen LogP) is 2.71. The molecule has 0 aliphatic rings. The Balaban J connectivity index is 1.61. The molecule has 0 aliphatic heterocycles. The zero-order valence-corrected chi connectivity index (χ0v) is 14.5. The quantitative estimate of drug-likeness (QED) is 0.668. The Kier molecular flexibility index (Phi) is 5.42. The summed E-state index contributed by atoms with van der Waals surface area (Å²) in [7, 11) is 0. The molecule has 1 N–H and O–H groups in total. The van der Waals surface area contributed by atoms with Gasteiger partial charge in [0, 0.05) is 9.90 Å². The highest BCUT2D eigenvalue weighted by Crippen LogP contribution is 2.23. The summed E-state index contributed by atoms with van der Waals surface area (Å²) in [6.45, 7) is -0.381. The smallest absolute Gasteiger partial charge is 0.311 e. The summed E-state index contributed by atoms with van der Waals surface area (Å²) in [6.07, 6.45) is 3.03. The maximum atomic E-state index is 12.1. The van der Waals surface area contributed by atoms with Gasteiger partial charge in [0.15, 0.2) is 6.61 Å². The Morgan fingerprint density at radius 1 is 1.32 bits per heavy atom. The van der Waals surface area contributed by atoms with Crippen molar-refractivity contribution < 1.29 is 14.3 Å². The maximum absolute atomic E-state index is 12.1. The van der Waals surface area contributed by atoms with Gasteiger partial charge < -0.3 is 10.1 Å². The van der Waals surface area contributed by atoms with Crippen LogP contribution in [0.1, 0.15) is 4.88 Å². The maximum Gasteiger partial charge on any atom is 0.311 e. The molecule has 1 aromatic carbocycles. The zero-order valence-electron chi connectivity index (χ0n) is 12.9. The highest BCUT2D eigenvalue weighted by atomic mass is 35.5. The van der Waals surface area contributed by atoms with Crippen molar-refractivity contribution in [1.29, 1.82) is 0 Å². The Bertz CT molecular complexity index is 866. The molecule has 0 saturated heterocycles. The molecule has 7 nitrogen and oxygen atoms in total. The van der Waals surface area contributed by atoms with Crippen molar-refractivity contribution >= 4 is 40.5 Å². The number of halogens is 1. The minimum Gasteiger partial charge on any atom is -0.455 e. The van der Waals surface area contributed by atoms with E-state index in [1.807, 2.05) is 17.5 Å². The fraction of sp³-hybridized carbons (Fsp3) is 0.125. The number of benzene rings is 1. The number of hydrogen-bond donors (Lipinski definition) is 1. The lowest BCUT2D eigenvalue weighted by Gasteiger charge is -2.11. The average molecular weight is 377 g/mol. The molecular formula is C16H13ClN4O3S. The van der Waals surface area contributed by atoms with Crippen LogP contribution in [0.4, 0.5) is 5.69 Å². The molecule has 9 heteroatoms. The normalized spacial score (nSPS) is 10.4. The van der Waals surface area contributed by atoms with Crippen LogP contribution in [0.15, 0.2) is 48.4 Å². The van der Waals surface area contributed by atoms with E-state index in [4.69, 9.17) is 16.3 Å². The van der Waals surface area contributed by atoms with E-state index in [1.165, 1.54) is 28.7 Å². The second-order valence-corrected chi connectivity index (χ2v) is 6.44. The molecule has 0 unspecified atom stereocenters. The number of aromatic nitrogens is 3. The molecule has 128 valence electrons. The van der Waals surface area contributed by atoms with Crippen LogP contribution in [0.3, 0.4) is 0 Å². The fourth-order valence-corrected chi connectivity index (χ4v) is 2.94. The Morgan fingerprint density at radius 2 is 2.20 bits per heavy atom. The first-order valence-corrected chi connectivity index (χ1v) is 8.50.